The van der Waals surface area contributed by atoms with Gasteiger partial charge < -0.3 is 19.7 Å². The molecule has 7 nitrogen and oxygen atoms in total. The van der Waals surface area contributed by atoms with Crippen LogP contribution in [0, 0.1) is 5.41 Å². The molecule has 1 saturated heterocycles. The second kappa shape index (κ2) is 13.1. The Morgan fingerprint density at radius 2 is 1.39 bits per heavy atom. The predicted molar refractivity (Wildman–Crippen MR) is 176 cm³/mol. The lowest BCUT2D eigenvalue weighted by molar-refractivity contribution is 0.122. The monoisotopic (exact) mass is 583 g/mol. The smallest absolute Gasteiger partial charge is 0.138 e. The number of morpholine rings is 1. The van der Waals surface area contributed by atoms with E-state index in [0.29, 0.717) is 36.1 Å². The first-order valence-corrected chi connectivity index (χ1v) is 15.0. The first kappa shape index (κ1) is 29.1. The minimum Gasteiger partial charge on any atom is -0.489 e. The summed E-state index contributed by atoms with van der Waals surface area (Å²) in [5.74, 6) is 2.02. The van der Waals surface area contributed by atoms with E-state index in [1.54, 1.807) is 12.4 Å². The summed E-state index contributed by atoms with van der Waals surface area (Å²) in [5, 5.41) is 13.4. The van der Waals surface area contributed by atoms with E-state index in [9.17, 15) is 5.41 Å². The third-order valence-electron chi connectivity index (χ3n) is 7.80. The minimum atomic E-state index is -0.802. The highest BCUT2D eigenvalue weighted by molar-refractivity contribution is 6.14. The fourth-order valence-corrected chi connectivity index (χ4v) is 5.73. The summed E-state index contributed by atoms with van der Waals surface area (Å²) < 4.78 is 11.6. The molecule has 0 spiro atoms. The summed E-state index contributed by atoms with van der Waals surface area (Å²) >= 11 is 0. The highest BCUT2D eigenvalue weighted by Gasteiger charge is 2.37. The molecule has 1 fully saturated rings. The molecule has 0 bridgehead atoms. The van der Waals surface area contributed by atoms with Crippen molar-refractivity contribution in [2.45, 2.75) is 25.5 Å². The number of hydrogen-bond acceptors (Lipinski definition) is 7. The SMILES string of the molecule is CC(C)Oc1cnc(NC(c2ccccc2)(c2ccccc2)c2ccccc2)c(C(=N)c2ccnc(N3CCOCC3)c2)c1. The molecule has 0 unspecified atom stereocenters. The van der Waals surface area contributed by atoms with E-state index in [1.165, 1.54) is 0 Å². The number of anilines is 2. The van der Waals surface area contributed by atoms with Gasteiger partial charge in [-0.2, -0.15) is 0 Å². The van der Waals surface area contributed by atoms with Gasteiger partial charge >= 0.3 is 0 Å². The van der Waals surface area contributed by atoms with E-state index >= 15 is 0 Å². The second-order valence-corrected chi connectivity index (χ2v) is 11.1. The number of pyridine rings is 2. The molecule has 6 rings (SSSR count). The van der Waals surface area contributed by atoms with Crippen LogP contribution >= 0.6 is 0 Å². The Bertz CT molecular complexity index is 1590. The Hall–Kier alpha value is -5.01. The van der Waals surface area contributed by atoms with Gasteiger partial charge in [-0.1, -0.05) is 91.0 Å². The lowest BCUT2D eigenvalue weighted by Gasteiger charge is -2.38. The number of nitrogens with one attached hydrogen (secondary N) is 2. The first-order valence-electron chi connectivity index (χ1n) is 15.0. The van der Waals surface area contributed by atoms with Gasteiger partial charge in [0.15, 0.2) is 0 Å². The summed E-state index contributed by atoms with van der Waals surface area (Å²) in [6, 6.07) is 37.0. The van der Waals surface area contributed by atoms with Crippen LogP contribution in [0.15, 0.2) is 122 Å². The Kier molecular flexibility index (Phi) is 8.66. The number of hydrogen-bond donors (Lipinski definition) is 2. The molecule has 2 aromatic heterocycles. The van der Waals surface area contributed by atoms with Gasteiger partial charge in [-0.3, -0.25) is 5.41 Å². The second-order valence-electron chi connectivity index (χ2n) is 11.1. The standard InChI is InChI=1S/C37H37N5O2/c1-27(2)44-32-25-33(35(38)28-18-19-39-34(24-28)42-20-22-43-23-21-42)36(40-26-32)41-37(29-12-6-3-7-13-29,30-14-8-4-9-15-30)31-16-10-5-11-17-31/h3-19,24-27,38H,20-23H2,1-2H3,(H,40,41). The first-order chi connectivity index (χ1) is 21.5. The molecule has 0 saturated carbocycles. The molecular formula is C37H37N5O2. The van der Waals surface area contributed by atoms with Gasteiger partial charge in [0, 0.05) is 30.4 Å². The van der Waals surface area contributed by atoms with Crippen LogP contribution in [0.3, 0.4) is 0 Å². The topological polar surface area (TPSA) is 83.4 Å². The quantitative estimate of drug-likeness (QED) is 0.137. The predicted octanol–water partition coefficient (Wildman–Crippen LogP) is 6.92. The molecule has 3 heterocycles. The van der Waals surface area contributed by atoms with Gasteiger partial charge in [-0.15, -0.1) is 0 Å². The van der Waals surface area contributed by atoms with Crippen LogP contribution in [0.4, 0.5) is 11.6 Å². The van der Waals surface area contributed by atoms with Crippen molar-refractivity contribution in [1.29, 1.82) is 5.41 Å². The van der Waals surface area contributed by atoms with Crippen LogP contribution < -0.4 is 15.0 Å². The highest BCUT2D eigenvalue weighted by atomic mass is 16.5. The molecule has 44 heavy (non-hydrogen) atoms. The minimum absolute atomic E-state index is 0.0384. The Morgan fingerprint density at radius 1 is 0.818 bits per heavy atom. The van der Waals surface area contributed by atoms with Gasteiger partial charge in [0.1, 0.15) is 22.9 Å². The van der Waals surface area contributed by atoms with Crippen LogP contribution in [0.2, 0.25) is 0 Å². The fourth-order valence-electron chi connectivity index (χ4n) is 5.73. The number of nitrogens with zero attached hydrogens (tertiary/aromatic N) is 3. The third-order valence-corrected chi connectivity index (χ3v) is 7.80. The van der Waals surface area contributed by atoms with Gasteiger partial charge in [0.2, 0.25) is 0 Å². The summed E-state index contributed by atoms with van der Waals surface area (Å²) in [6.45, 7) is 6.83. The average molecular weight is 584 g/mol. The van der Waals surface area contributed by atoms with Crippen LogP contribution in [0.5, 0.6) is 5.75 Å². The van der Waals surface area contributed by atoms with Crippen molar-refractivity contribution in [2.75, 3.05) is 36.5 Å². The zero-order valence-corrected chi connectivity index (χ0v) is 25.1. The van der Waals surface area contributed by atoms with Crippen molar-refractivity contribution >= 4 is 17.3 Å². The molecule has 0 radical (unpaired) electrons. The highest BCUT2D eigenvalue weighted by Crippen LogP contribution is 2.41. The molecule has 1 aliphatic rings. The van der Waals surface area contributed by atoms with Crippen LogP contribution in [-0.4, -0.2) is 48.1 Å². The van der Waals surface area contributed by atoms with Crippen molar-refractivity contribution in [1.82, 2.24) is 9.97 Å². The molecule has 222 valence electrons. The molecule has 0 amide bonds. The maximum absolute atomic E-state index is 9.52. The van der Waals surface area contributed by atoms with Crippen LogP contribution in [0.1, 0.15) is 41.7 Å². The summed E-state index contributed by atoms with van der Waals surface area (Å²) in [5.41, 5.74) is 4.07. The molecule has 1 aliphatic heterocycles. The average Bonchev–Trinajstić information content (AvgIpc) is 3.09. The van der Waals surface area contributed by atoms with Crippen molar-refractivity contribution in [3.63, 3.8) is 0 Å². The third kappa shape index (κ3) is 6.05. The number of ether oxygens (including phenoxy) is 2. The van der Waals surface area contributed by atoms with Crippen molar-refractivity contribution in [2.24, 2.45) is 0 Å². The largest absolute Gasteiger partial charge is 0.489 e. The van der Waals surface area contributed by atoms with Gasteiger partial charge in [-0.05, 0) is 48.7 Å². The molecule has 0 atom stereocenters. The molecule has 3 aromatic carbocycles. The number of rotatable bonds is 10. The molecule has 0 aliphatic carbocycles. The van der Waals surface area contributed by atoms with E-state index in [0.717, 1.165) is 41.2 Å². The van der Waals surface area contributed by atoms with Crippen molar-refractivity contribution in [3.8, 4) is 5.75 Å². The molecular weight excluding hydrogens is 546 g/mol. The molecule has 5 aromatic rings. The van der Waals surface area contributed by atoms with Gasteiger partial charge in [-0.25, -0.2) is 9.97 Å². The normalized spacial score (nSPS) is 13.5. The van der Waals surface area contributed by atoms with Gasteiger partial charge in [0.05, 0.1) is 31.2 Å². The summed E-state index contributed by atoms with van der Waals surface area (Å²) in [7, 11) is 0. The Labute approximate surface area is 259 Å². The Morgan fingerprint density at radius 3 is 1.93 bits per heavy atom. The zero-order chi connectivity index (χ0) is 30.4. The summed E-state index contributed by atoms with van der Waals surface area (Å²) in [6.07, 6.45) is 3.46. The number of benzene rings is 3. The maximum Gasteiger partial charge on any atom is 0.138 e. The Balaban J connectivity index is 1.51. The van der Waals surface area contributed by atoms with E-state index in [2.05, 4.69) is 88.0 Å². The lowest BCUT2D eigenvalue weighted by atomic mass is 9.77. The van der Waals surface area contributed by atoms with E-state index in [-0.39, 0.29) is 6.10 Å². The molecule has 7 heteroatoms. The lowest BCUT2D eigenvalue weighted by Crippen LogP contribution is -2.39. The summed E-state index contributed by atoms with van der Waals surface area (Å²) in [4.78, 5) is 11.7. The van der Waals surface area contributed by atoms with Crippen molar-refractivity contribution < 1.29 is 9.47 Å². The van der Waals surface area contributed by atoms with E-state index in [1.807, 2.05) is 50.2 Å². The molecule has 2 N–H and O–H groups in total. The van der Waals surface area contributed by atoms with E-state index in [4.69, 9.17) is 14.5 Å². The fraction of sp³-hybridized carbons (Fsp3) is 0.216. The maximum atomic E-state index is 9.52. The van der Waals surface area contributed by atoms with Gasteiger partial charge in [0.25, 0.3) is 0 Å². The van der Waals surface area contributed by atoms with E-state index < -0.39 is 5.54 Å². The number of aromatic nitrogens is 2. The van der Waals surface area contributed by atoms with Crippen LogP contribution in [-0.2, 0) is 10.3 Å². The van der Waals surface area contributed by atoms with Crippen molar-refractivity contribution in [3.05, 3.63) is 149 Å². The zero-order valence-electron chi connectivity index (χ0n) is 25.1. The van der Waals surface area contributed by atoms with Crippen LogP contribution in [0.25, 0.3) is 0 Å².